The van der Waals surface area contributed by atoms with Crippen LogP contribution in [0.15, 0.2) is 24.4 Å². The molecule has 1 aliphatic rings. The number of carbonyl (C=O) groups excluding carboxylic acids is 1. The van der Waals surface area contributed by atoms with Crippen molar-refractivity contribution in [3.63, 3.8) is 0 Å². The molecule has 3 rings (SSSR count). The smallest absolute Gasteiger partial charge is 0.335 e. The summed E-state index contributed by atoms with van der Waals surface area (Å²) in [6.45, 7) is 2.82. The molecule has 1 aromatic carbocycles. The molecule has 0 saturated carbocycles. The Hall–Kier alpha value is -3.07. The molecule has 0 unspecified atom stereocenters. The minimum absolute atomic E-state index is 0.0985. The molecule has 9 heteroatoms. The second kappa shape index (κ2) is 6.44. The number of nitrogen functional groups attached to an aromatic ring is 1. The highest BCUT2D eigenvalue weighted by Gasteiger charge is 2.32. The zero-order valence-electron chi connectivity index (χ0n) is 13.7. The lowest BCUT2D eigenvalue weighted by Crippen LogP contribution is -2.34. The fraction of sp³-hybridized carbons (Fsp3) is 0.312. The molecule has 132 valence electrons. The van der Waals surface area contributed by atoms with Crippen molar-refractivity contribution in [2.24, 2.45) is 0 Å². The van der Waals surface area contributed by atoms with E-state index < -0.39 is 5.97 Å². The lowest BCUT2D eigenvalue weighted by molar-refractivity contribution is 0.0696. The van der Waals surface area contributed by atoms with Gasteiger partial charge in [0.2, 0.25) is 0 Å². The number of carboxylic acids is 1. The number of urea groups is 1. The molecule has 0 bridgehead atoms. The normalized spacial score (nSPS) is 14.4. The number of aromatic nitrogens is 2. The predicted octanol–water partition coefficient (Wildman–Crippen LogP) is 0.695. The summed E-state index contributed by atoms with van der Waals surface area (Å²) in [6.07, 6.45) is 1.59. The van der Waals surface area contributed by atoms with Gasteiger partial charge in [0.25, 0.3) is 0 Å². The Morgan fingerprint density at radius 3 is 2.76 bits per heavy atom. The number of hydrogen-bond acceptors (Lipinski definition) is 5. The number of aromatic carboxylic acids is 1. The highest BCUT2D eigenvalue weighted by molar-refractivity contribution is 5.95. The minimum atomic E-state index is -0.989. The van der Waals surface area contributed by atoms with Crippen LogP contribution >= 0.6 is 0 Å². The van der Waals surface area contributed by atoms with E-state index in [-0.39, 0.29) is 24.7 Å². The van der Waals surface area contributed by atoms with E-state index in [4.69, 9.17) is 15.9 Å². The molecule has 25 heavy (non-hydrogen) atoms. The molecule has 2 heterocycles. The van der Waals surface area contributed by atoms with Gasteiger partial charge in [0.1, 0.15) is 0 Å². The first-order valence-corrected chi connectivity index (χ1v) is 7.79. The third-order valence-electron chi connectivity index (χ3n) is 4.15. The summed E-state index contributed by atoms with van der Waals surface area (Å²) in [7, 11) is 0. The lowest BCUT2D eigenvalue weighted by atomic mass is 10.1. The van der Waals surface area contributed by atoms with Gasteiger partial charge in [-0.05, 0) is 30.7 Å². The monoisotopic (exact) mass is 345 g/mol. The maximum atomic E-state index is 12.3. The van der Waals surface area contributed by atoms with Gasteiger partial charge < -0.3 is 20.8 Å². The Morgan fingerprint density at radius 1 is 1.36 bits per heavy atom. The molecule has 1 saturated heterocycles. The van der Waals surface area contributed by atoms with Crippen molar-refractivity contribution < 1.29 is 19.8 Å². The van der Waals surface area contributed by atoms with Crippen molar-refractivity contribution in [1.82, 2.24) is 14.7 Å². The number of aliphatic hydroxyl groups is 1. The van der Waals surface area contributed by atoms with Crippen molar-refractivity contribution in [3.8, 4) is 5.69 Å². The Bertz CT molecular complexity index is 832. The van der Waals surface area contributed by atoms with Crippen LogP contribution in [0.25, 0.3) is 5.69 Å². The van der Waals surface area contributed by atoms with Crippen LogP contribution in [0.4, 0.5) is 16.3 Å². The molecule has 1 aliphatic heterocycles. The van der Waals surface area contributed by atoms with Crippen LogP contribution in [0.1, 0.15) is 15.9 Å². The number of carbonyl (C=O) groups is 2. The van der Waals surface area contributed by atoms with Gasteiger partial charge in [0.05, 0.1) is 29.7 Å². The number of aryl methyl sites for hydroxylation is 1. The van der Waals surface area contributed by atoms with Crippen molar-refractivity contribution in [2.45, 2.75) is 6.92 Å². The number of nitrogens with zero attached hydrogens (tertiary/aromatic N) is 4. The van der Waals surface area contributed by atoms with Gasteiger partial charge in [-0.15, -0.1) is 5.10 Å². The third-order valence-corrected chi connectivity index (χ3v) is 4.15. The quantitative estimate of drug-likeness (QED) is 0.732. The molecular weight excluding hydrogens is 326 g/mol. The predicted molar refractivity (Wildman–Crippen MR) is 91.1 cm³/mol. The molecule has 0 spiro atoms. The highest BCUT2D eigenvalue weighted by atomic mass is 16.4. The molecule has 1 fully saturated rings. The summed E-state index contributed by atoms with van der Waals surface area (Å²) in [5, 5.41) is 22.5. The van der Waals surface area contributed by atoms with Crippen LogP contribution < -0.4 is 10.6 Å². The molecular formula is C16H19N5O4. The topological polar surface area (TPSA) is 125 Å². The van der Waals surface area contributed by atoms with Crippen LogP contribution in [0.2, 0.25) is 0 Å². The number of β-amino-alcohol motifs (C(OH)–C–C–N with tert-alkyl or cyclic N) is 1. The van der Waals surface area contributed by atoms with Crippen molar-refractivity contribution in [1.29, 1.82) is 0 Å². The summed E-state index contributed by atoms with van der Waals surface area (Å²) in [5.74, 6) is -0.637. The molecule has 9 nitrogen and oxygen atoms in total. The number of amides is 2. The first-order chi connectivity index (χ1) is 11.9. The van der Waals surface area contributed by atoms with Gasteiger partial charge >= 0.3 is 12.0 Å². The van der Waals surface area contributed by atoms with Gasteiger partial charge in [-0.2, -0.15) is 0 Å². The van der Waals surface area contributed by atoms with Crippen molar-refractivity contribution in [2.75, 3.05) is 36.9 Å². The number of rotatable bonds is 5. The van der Waals surface area contributed by atoms with E-state index in [1.165, 1.54) is 20.5 Å². The maximum absolute atomic E-state index is 12.3. The van der Waals surface area contributed by atoms with E-state index in [0.717, 1.165) is 0 Å². The zero-order chi connectivity index (χ0) is 18.1. The van der Waals surface area contributed by atoms with Crippen LogP contribution in [-0.4, -0.2) is 63.1 Å². The Balaban J connectivity index is 1.90. The van der Waals surface area contributed by atoms with E-state index in [9.17, 15) is 9.59 Å². The second-order valence-electron chi connectivity index (χ2n) is 5.80. The first-order valence-electron chi connectivity index (χ1n) is 7.79. The summed E-state index contributed by atoms with van der Waals surface area (Å²) >= 11 is 0. The van der Waals surface area contributed by atoms with Gasteiger partial charge in [0, 0.05) is 19.6 Å². The average Bonchev–Trinajstić information content (AvgIpc) is 3.11. The number of benzene rings is 1. The summed E-state index contributed by atoms with van der Waals surface area (Å²) < 4.78 is 1.52. The number of aliphatic hydroxyl groups excluding tert-OH is 1. The van der Waals surface area contributed by atoms with Crippen LogP contribution in [0.5, 0.6) is 0 Å². The molecule has 0 aliphatic carbocycles. The Morgan fingerprint density at radius 2 is 2.12 bits per heavy atom. The number of hydrogen-bond donors (Lipinski definition) is 3. The second-order valence-corrected chi connectivity index (χ2v) is 5.80. The maximum Gasteiger partial charge on any atom is 0.335 e. The van der Waals surface area contributed by atoms with Crippen molar-refractivity contribution >= 4 is 23.5 Å². The highest BCUT2D eigenvalue weighted by Crippen LogP contribution is 2.26. The largest absolute Gasteiger partial charge is 0.478 e. The summed E-state index contributed by atoms with van der Waals surface area (Å²) in [4.78, 5) is 26.5. The van der Waals surface area contributed by atoms with Gasteiger partial charge in [-0.25, -0.2) is 14.3 Å². The summed E-state index contributed by atoms with van der Waals surface area (Å²) in [5.41, 5.74) is 7.84. The van der Waals surface area contributed by atoms with Crippen LogP contribution in [0.3, 0.4) is 0 Å². The third kappa shape index (κ3) is 3.01. The molecule has 1 aromatic heterocycles. The Kier molecular flexibility index (Phi) is 4.32. The van der Waals surface area contributed by atoms with E-state index in [0.29, 0.717) is 35.8 Å². The fourth-order valence-electron chi connectivity index (χ4n) is 2.86. The van der Waals surface area contributed by atoms with Crippen LogP contribution in [-0.2, 0) is 0 Å². The van der Waals surface area contributed by atoms with Gasteiger partial charge in [-0.1, -0.05) is 0 Å². The first kappa shape index (κ1) is 16.8. The van der Waals surface area contributed by atoms with Gasteiger partial charge in [-0.3, -0.25) is 4.90 Å². The van der Waals surface area contributed by atoms with E-state index in [1.54, 1.807) is 25.3 Å². The number of carboxylic acid groups (broad SMARTS) is 1. The van der Waals surface area contributed by atoms with E-state index in [1.807, 2.05) is 0 Å². The SMILES string of the molecule is Cc1cc(-n2cc(N)c(N3CCN(CCO)C3=O)n2)ccc1C(=O)O. The van der Waals surface area contributed by atoms with E-state index >= 15 is 0 Å². The molecule has 4 N–H and O–H groups in total. The van der Waals surface area contributed by atoms with Crippen molar-refractivity contribution in [3.05, 3.63) is 35.5 Å². The number of anilines is 2. The van der Waals surface area contributed by atoms with Gasteiger partial charge in [0.15, 0.2) is 5.82 Å². The average molecular weight is 345 g/mol. The van der Waals surface area contributed by atoms with E-state index in [2.05, 4.69) is 5.10 Å². The minimum Gasteiger partial charge on any atom is -0.478 e. The van der Waals surface area contributed by atoms with Crippen LogP contribution in [0, 0.1) is 6.92 Å². The lowest BCUT2D eigenvalue weighted by Gasteiger charge is -2.16. The zero-order valence-corrected chi connectivity index (χ0v) is 13.7. The Labute approximate surface area is 143 Å². The standard InChI is InChI=1S/C16H19N5O4/c1-10-8-11(2-3-12(10)15(23)24)21-9-13(17)14(18-21)20-5-4-19(6-7-22)16(20)25/h2-3,8-9,22H,4-7,17H2,1H3,(H,23,24). The number of nitrogens with two attached hydrogens (primary N) is 1. The fourth-order valence-corrected chi connectivity index (χ4v) is 2.86. The summed E-state index contributed by atoms with van der Waals surface area (Å²) in [6, 6.07) is 4.60. The molecule has 2 amide bonds. The molecule has 0 atom stereocenters. The molecule has 2 aromatic rings. The molecule has 0 radical (unpaired) electrons.